The van der Waals surface area contributed by atoms with Crippen molar-refractivity contribution < 1.29 is 27.1 Å². The molecular weight excluding hydrogens is 397 g/mol. The zero-order valence-corrected chi connectivity index (χ0v) is 16.8. The summed E-state index contributed by atoms with van der Waals surface area (Å²) in [5, 5.41) is 0. The summed E-state index contributed by atoms with van der Waals surface area (Å²) in [6.07, 6.45) is 1.40. The molecule has 0 aromatic heterocycles. The zero-order chi connectivity index (χ0) is 20.7. The van der Waals surface area contributed by atoms with Crippen LogP contribution >= 0.6 is 0 Å². The van der Waals surface area contributed by atoms with Gasteiger partial charge >= 0.3 is 5.97 Å². The molecule has 1 aliphatic rings. The standard InChI is InChI=1S/C21H24FNO5S/c22-18-7-9-19(10-8-18)27-15-4-16-28-21(24)17-11-13-23(14-12-17)29(25,26)20-5-2-1-3-6-20/h1-3,5-10,17H,4,11-16H2. The number of carbonyl (C=O) groups excluding carboxylic acids is 1. The Morgan fingerprint density at radius 2 is 1.66 bits per heavy atom. The van der Waals surface area contributed by atoms with E-state index >= 15 is 0 Å². The summed E-state index contributed by atoms with van der Waals surface area (Å²) >= 11 is 0. The van der Waals surface area contributed by atoms with Gasteiger partial charge in [0.05, 0.1) is 24.0 Å². The minimum absolute atomic E-state index is 0.225. The first-order chi connectivity index (χ1) is 14.0. The van der Waals surface area contributed by atoms with Crippen LogP contribution in [0, 0.1) is 11.7 Å². The van der Waals surface area contributed by atoms with Gasteiger partial charge in [-0.2, -0.15) is 4.31 Å². The first-order valence-corrected chi connectivity index (χ1v) is 11.0. The van der Waals surface area contributed by atoms with E-state index in [1.807, 2.05) is 0 Å². The number of piperidine rings is 1. The van der Waals surface area contributed by atoms with Gasteiger partial charge in [0.15, 0.2) is 0 Å². The number of nitrogens with zero attached hydrogens (tertiary/aromatic N) is 1. The number of hydrogen-bond acceptors (Lipinski definition) is 5. The zero-order valence-electron chi connectivity index (χ0n) is 16.0. The highest BCUT2D eigenvalue weighted by Crippen LogP contribution is 2.24. The molecule has 0 unspecified atom stereocenters. The van der Waals surface area contributed by atoms with Gasteiger partial charge in [0.2, 0.25) is 10.0 Å². The van der Waals surface area contributed by atoms with Crippen LogP contribution in [0.15, 0.2) is 59.5 Å². The third-order valence-corrected chi connectivity index (χ3v) is 6.70. The summed E-state index contributed by atoms with van der Waals surface area (Å²) in [7, 11) is -3.52. The van der Waals surface area contributed by atoms with E-state index in [1.54, 1.807) is 42.5 Å². The molecule has 3 rings (SSSR count). The Labute approximate surface area is 170 Å². The lowest BCUT2D eigenvalue weighted by Gasteiger charge is -2.30. The topological polar surface area (TPSA) is 72.9 Å². The fraction of sp³-hybridized carbons (Fsp3) is 0.381. The quantitative estimate of drug-likeness (QED) is 0.483. The number of halogens is 1. The molecule has 1 heterocycles. The van der Waals surface area contributed by atoms with Crippen LogP contribution < -0.4 is 4.74 Å². The molecular formula is C21H24FNO5S. The largest absolute Gasteiger partial charge is 0.493 e. The maximum atomic E-state index is 12.8. The van der Waals surface area contributed by atoms with E-state index in [0.717, 1.165) is 0 Å². The number of benzene rings is 2. The summed E-state index contributed by atoms with van der Waals surface area (Å²) in [5.74, 6) is -0.364. The molecule has 0 bridgehead atoms. The molecule has 29 heavy (non-hydrogen) atoms. The van der Waals surface area contributed by atoms with Crippen LogP contribution in [0.4, 0.5) is 4.39 Å². The van der Waals surface area contributed by atoms with E-state index in [1.165, 1.54) is 16.4 Å². The third-order valence-electron chi connectivity index (χ3n) is 4.78. The van der Waals surface area contributed by atoms with Crippen molar-refractivity contribution in [3.05, 3.63) is 60.4 Å². The van der Waals surface area contributed by atoms with Crippen LogP contribution in [-0.2, 0) is 19.6 Å². The number of hydrogen-bond donors (Lipinski definition) is 0. The van der Waals surface area contributed by atoms with Crippen LogP contribution in [0.2, 0.25) is 0 Å². The van der Waals surface area contributed by atoms with E-state index in [4.69, 9.17) is 9.47 Å². The molecule has 156 valence electrons. The van der Waals surface area contributed by atoms with Crippen molar-refractivity contribution >= 4 is 16.0 Å². The molecule has 1 aliphatic heterocycles. The van der Waals surface area contributed by atoms with Gasteiger partial charge in [-0.25, -0.2) is 12.8 Å². The monoisotopic (exact) mass is 421 g/mol. The maximum Gasteiger partial charge on any atom is 0.309 e. The van der Waals surface area contributed by atoms with Gasteiger partial charge < -0.3 is 9.47 Å². The molecule has 0 amide bonds. The molecule has 0 spiro atoms. The highest BCUT2D eigenvalue weighted by atomic mass is 32.2. The number of carbonyl (C=O) groups is 1. The van der Waals surface area contributed by atoms with Gasteiger partial charge in [0, 0.05) is 19.5 Å². The fourth-order valence-corrected chi connectivity index (χ4v) is 4.63. The van der Waals surface area contributed by atoms with Crippen molar-refractivity contribution in [2.75, 3.05) is 26.3 Å². The predicted molar refractivity (Wildman–Crippen MR) is 105 cm³/mol. The summed E-state index contributed by atoms with van der Waals surface area (Å²) in [4.78, 5) is 12.5. The van der Waals surface area contributed by atoms with E-state index in [2.05, 4.69) is 0 Å². The van der Waals surface area contributed by atoms with Crippen molar-refractivity contribution in [2.45, 2.75) is 24.2 Å². The number of sulfonamides is 1. The van der Waals surface area contributed by atoms with Gasteiger partial charge in [-0.15, -0.1) is 0 Å². The van der Waals surface area contributed by atoms with Crippen molar-refractivity contribution in [1.29, 1.82) is 0 Å². The molecule has 0 N–H and O–H groups in total. The van der Waals surface area contributed by atoms with Gasteiger partial charge in [-0.1, -0.05) is 18.2 Å². The van der Waals surface area contributed by atoms with Crippen molar-refractivity contribution in [2.24, 2.45) is 5.92 Å². The average Bonchev–Trinajstić information content (AvgIpc) is 2.75. The lowest BCUT2D eigenvalue weighted by atomic mass is 9.98. The van der Waals surface area contributed by atoms with Gasteiger partial charge in [0.1, 0.15) is 11.6 Å². The Kier molecular flexibility index (Phi) is 7.22. The minimum Gasteiger partial charge on any atom is -0.493 e. The Balaban J connectivity index is 1.37. The normalized spacial score (nSPS) is 15.8. The van der Waals surface area contributed by atoms with E-state index < -0.39 is 10.0 Å². The average molecular weight is 421 g/mol. The van der Waals surface area contributed by atoms with Crippen LogP contribution in [-0.4, -0.2) is 45.0 Å². The second kappa shape index (κ2) is 9.84. The minimum atomic E-state index is -3.52. The van der Waals surface area contributed by atoms with E-state index in [0.29, 0.717) is 44.7 Å². The molecule has 2 aromatic carbocycles. The van der Waals surface area contributed by atoms with Crippen molar-refractivity contribution in [3.8, 4) is 5.75 Å². The van der Waals surface area contributed by atoms with Crippen molar-refractivity contribution in [1.82, 2.24) is 4.31 Å². The molecule has 0 saturated carbocycles. The lowest BCUT2D eigenvalue weighted by Crippen LogP contribution is -2.40. The molecule has 0 radical (unpaired) electrons. The molecule has 6 nitrogen and oxygen atoms in total. The van der Waals surface area contributed by atoms with Crippen LogP contribution in [0.5, 0.6) is 5.75 Å². The second-order valence-electron chi connectivity index (χ2n) is 6.81. The third kappa shape index (κ3) is 5.77. The highest BCUT2D eigenvalue weighted by molar-refractivity contribution is 7.89. The fourth-order valence-electron chi connectivity index (χ4n) is 3.14. The lowest BCUT2D eigenvalue weighted by molar-refractivity contribution is -0.150. The number of rotatable bonds is 8. The van der Waals surface area contributed by atoms with E-state index in [-0.39, 0.29) is 29.2 Å². The number of ether oxygens (including phenoxy) is 2. The molecule has 2 aromatic rings. The van der Waals surface area contributed by atoms with E-state index in [9.17, 15) is 17.6 Å². The molecule has 1 saturated heterocycles. The summed E-state index contributed by atoms with van der Waals surface area (Å²) in [5.41, 5.74) is 0. The summed E-state index contributed by atoms with van der Waals surface area (Å²) in [6, 6.07) is 14.0. The van der Waals surface area contributed by atoms with Crippen LogP contribution in [0.3, 0.4) is 0 Å². The van der Waals surface area contributed by atoms with Gasteiger partial charge in [0.25, 0.3) is 0 Å². The smallest absolute Gasteiger partial charge is 0.309 e. The second-order valence-corrected chi connectivity index (χ2v) is 8.75. The van der Waals surface area contributed by atoms with Crippen LogP contribution in [0.25, 0.3) is 0 Å². The summed E-state index contributed by atoms with van der Waals surface area (Å²) < 4.78 is 50.2. The maximum absolute atomic E-state index is 12.8. The molecule has 8 heteroatoms. The van der Waals surface area contributed by atoms with Crippen LogP contribution in [0.1, 0.15) is 19.3 Å². The molecule has 1 fully saturated rings. The molecule has 0 aliphatic carbocycles. The van der Waals surface area contributed by atoms with Gasteiger partial charge in [-0.05, 0) is 49.2 Å². The summed E-state index contributed by atoms with van der Waals surface area (Å²) in [6.45, 7) is 1.17. The Hall–Kier alpha value is -2.45. The Bertz CT molecular complexity index is 894. The first kappa shape index (κ1) is 21.3. The predicted octanol–water partition coefficient (Wildman–Crippen LogP) is 3.24. The van der Waals surface area contributed by atoms with Gasteiger partial charge in [-0.3, -0.25) is 4.79 Å². The Morgan fingerprint density at radius 1 is 1.00 bits per heavy atom. The first-order valence-electron chi connectivity index (χ1n) is 9.57. The Morgan fingerprint density at radius 3 is 2.31 bits per heavy atom. The highest BCUT2D eigenvalue weighted by Gasteiger charge is 2.32. The van der Waals surface area contributed by atoms with Crippen molar-refractivity contribution in [3.63, 3.8) is 0 Å². The number of esters is 1. The SMILES string of the molecule is O=C(OCCCOc1ccc(F)cc1)C1CCN(S(=O)(=O)c2ccccc2)CC1. The molecule has 0 atom stereocenters.